The van der Waals surface area contributed by atoms with E-state index < -0.39 is 10.0 Å². The largest absolute Gasteiger partial charge is 0.444 e. The predicted molar refractivity (Wildman–Crippen MR) is 123 cm³/mol. The average molecular weight is 433 g/mol. The molecule has 0 unspecified atom stereocenters. The first-order valence-electron chi connectivity index (χ1n) is 10.1. The highest BCUT2D eigenvalue weighted by atomic mass is 32.2. The topological polar surface area (TPSA) is 72.2 Å². The molecule has 0 amide bonds. The Morgan fingerprint density at radius 2 is 1.55 bits per heavy atom. The molecule has 0 atom stereocenters. The lowest BCUT2D eigenvalue weighted by molar-refractivity contribution is 0.575. The quantitative estimate of drug-likeness (QED) is 0.406. The van der Waals surface area contributed by atoms with E-state index in [0.29, 0.717) is 11.6 Å². The predicted octanol–water partition coefficient (Wildman–Crippen LogP) is 5.99. The van der Waals surface area contributed by atoms with Gasteiger partial charge in [0.15, 0.2) is 0 Å². The smallest absolute Gasteiger partial charge is 0.261 e. The number of rotatable bonds is 6. The van der Waals surface area contributed by atoms with Crippen LogP contribution in [-0.4, -0.2) is 13.4 Å². The van der Waals surface area contributed by atoms with E-state index in [4.69, 9.17) is 4.42 Å². The molecule has 0 aliphatic rings. The van der Waals surface area contributed by atoms with Crippen LogP contribution < -0.4 is 4.72 Å². The Kier molecular flexibility index (Phi) is 5.65. The van der Waals surface area contributed by atoms with Crippen molar-refractivity contribution in [3.8, 4) is 22.7 Å². The molecule has 0 radical (unpaired) electrons. The second-order valence-electron chi connectivity index (χ2n) is 7.52. The molecule has 31 heavy (non-hydrogen) atoms. The van der Waals surface area contributed by atoms with Crippen LogP contribution >= 0.6 is 0 Å². The summed E-state index contributed by atoms with van der Waals surface area (Å²) in [7, 11) is -3.64. The fraction of sp³-hybridized carbons (Fsp3) is 0.160. The van der Waals surface area contributed by atoms with Crippen molar-refractivity contribution >= 4 is 15.7 Å². The molecule has 0 saturated carbocycles. The molecular formula is C25H24N2O3S. The highest BCUT2D eigenvalue weighted by molar-refractivity contribution is 7.92. The van der Waals surface area contributed by atoms with E-state index in [0.717, 1.165) is 28.8 Å². The Balaban J connectivity index is 1.52. The van der Waals surface area contributed by atoms with Gasteiger partial charge in [0, 0.05) is 16.8 Å². The zero-order chi connectivity index (χ0) is 22.0. The van der Waals surface area contributed by atoms with Crippen molar-refractivity contribution in [1.29, 1.82) is 0 Å². The number of hydrogen-bond acceptors (Lipinski definition) is 4. The van der Waals surface area contributed by atoms with Crippen molar-refractivity contribution in [2.75, 3.05) is 4.72 Å². The van der Waals surface area contributed by atoms with Gasteiger partial charge in [0.1, 0.15) is 12.0 Å². The van der Waals surface area contributed by atoms with E-state index in [1.807, 2.05) is 25.1 Å². The first-order valence-corrected chi connectivity index (χ1v) is 11.6. The number of aryl methyl sites for hydroxylation is 3. The molecule has 1 heterocycles. The lowest BCUT2D eigenvalue weighted by Gasteiger charge is -2.09. The number of oxazole rings is 1. The van der Waals surface area contributed by atoms with Gasteiger partial charge < -0.3 is 4.42 Å². The zero-order valence-electron chi connectivity index (χ0n) is 17.7. The van der Waals surface area contributed by atoms with Gasteiger partial charge in [-0.3, -0.25) is 4.72 Å². The van der Waals surface area contributed by atoms with Crippen LogP contribution in [0.3, 0.4) is 0 Å². The molecule has 158 valence electrons. The summed E-state index contributed by atoms with van der Waals surface area (Å²) in [6.45, 7) is 6.17. The first kappa shape index (κ1) is 20.9. The molecule has 0 fully saturated rings. The molecule has 0 bridgehead atoms. The number of hydrogen-bond donors (Lipinski definition) is 1. The van der Waals surface area contributed by atoms with E-state index in [1.165, 1.54) is 11.1 Å². The van der Waals surface area contributed by atoms with Gasteiger partial charge in [-0.2, -0.15) is 0 Å². The van der Waals surface area contributed by atoms with E-state index in [9.17, 15) is 8.42 Å². The number of aromatic nitrogens is 1. The van der Waals surface area contributed by atoms with Crippen molar-refractivity contribution < 1.29 is 12.8 Å². The number of benzene rings is 3. The zero-order valence-corrected chi connectivity index (χ0v) is 18.5. The van der Waals surface area contributed by atoms with Crippen LogP contribution in [0.2, 0.25) is 0 Å². The van der Waals surface area contributed by atoms with Gasteiger partial charge in [0.2, 0.25) is 5.89 Å². The lowest BCUT2D eigenvalue weighted by Crippen LogP contribution is -2.12. The van der Waals surface area contributed by atoms with E-state index in [1.54, 1.807) is 42.7 Å². The van der Waals surface area contributed by atoms with Gasteiger partial charge in [-0.25, -0.2) is 13.4 Å². The molecule has 1 N–H and O–H groups in total. The van der Waals surface area contributed by atoms with Crippen LogP contribution in [0, 0.1) is 13.8 Å². The Labute approximate surface area is 182 Å². The van der Waals surface area contributed by atoms with Gasteiger partial charge in [0.25, 0.3) is 10.0 Å². The van der Waals surface area contributed by atoms with Crippen molar-refractivity contribution in [2.45, 2.75) is 32.1 Å². The molecular weight excluding hydrogens is 408 g/mol. The lowest BCUT2D eigenvalue weighted by atomic mass is 10.1. The maximum Gasteiger partial charge on any atom is 0.261 e. The van der Waals surface area contributed by atoms with Crippen molar-refractivity contribution in [1.82, 2.24) is 4.98 Å². The molecule has 4 rings (SSSR count). The number of sulfonamides is 1. The van der Waals surface area contributed by atoms with Crippen LogP contribution in [0.1, 0.15) is 23.6 Å². The van der Waals surface area contributed by atoms with Gasteiger partial charge in [-0.15, -0.1) is 0 Å². The third kappa shape index (κ3) is 4.54. The normalized spacial score (nSPS) is 11.5. The van der Waals surface area contributed by atoms with Gasteiger partial charge in [-0.1, -0.05) is 31.2 Å². The highest BCUT2D eigenvalue weighted by Gasteiger charge is 2.15. The van der Waals surface area contributed by atoms with E-state index in [-0.39, 0.29) is 4.90 Å². The monoisotopic (exact) mass is 432 g/mol. The summed E-state index contributed by atoms with van der Waals surface area (Å²) in [6.07, 6.45) is 2.50. The number of nitrogens with one attached hydrogen (secondary N) is 1. The Bertz CT molecular complexity index is 1310. The van der Waals surface area contributed by atoms with Gasteiger partial charge in [-0.05, 0) is 79.4 Å². The van der Waals surface area contributed by atoms with Crippen LogP contribution in [0.4, 0.5) is 5.69 Å². The number of anilines is 1. The Hall–Kier alpha value is -3.38. The van der Waals surface area contributed by atoms with Crippen LogP contribution in [0.5, 0.6) is 0 Å². The summed E-state index contributed by atoms with van der Waals surface area (Å²) in [5, 5.41) is 0. The molecule has 4 aromatic rings. The third-order valence-corrected chi connectivity index (χ3v) is 6.73. The van der Waals surface area contributed by atoms with E-state index in [2.05, 4.69) is 35.7 Å². The Morgan fingerprint density at radius 3 is 2.19 bits per heavy atom. The van der Waals surface area contributed by atoms with Crippen LogP contribution in [0.25, 0.3) is 22.7 Å². The minimum atomic E-state index is -3.64. The molecule has 0 aliphatic carbocycles. The maximum atomic E-state index is 12.6. The molecule has 0 saturated heterocycles. The second-order valence-corrected chi connectivity index (χ2v) is 9.20. The first-order chi connectivity index (χ1) is 14.9. The third-order valence-electron chi connectivity index (χ3n) is 5.33. The molecule has 0 spiro atoms. The Morgan fingerprint density at radius 1 is 0.871 bits per heavy atom. The highest BCUT2D eigenvalue weighted by Crippen LogP contribution is 2.27. The summed E-state index contributed by atoms with van der Waals surface area (Å²) < 4.78 is 33.5. The SMILES string of the molecule is CCc1ccc(S(=O)(=O)Nc2ccc(-c3nc(-c4ccc(C)c(C)c4)co3)cc2)cc1. The second kappa shape index (κ2) is 8.40. The molecule has 6 heteroatoms. The number of nitrogens with zero attached hydrogens (tertiary/aromatic N) is 1. The average Bonchev–Trinajstić information content (AvgIpc) is 3.26. The standard InChI is InChI=1S/C25H24N2O3S/c1-4-19-6-13-23(14-7-19)31(28,29)27-22-11-9-20(10-12-22)25-26-24(16-30-25)21-8-5-17(2)18(3)15-21/h5-16,27H,4H2,1-3H3. The molecule has 3 aromatic carbocycles. The van der Waals surface area contributed by atoms with Crippen LogP contribution in [0.15, 0.2) is 82.3 Å². The van der Waals surface area contributed by atoms with Crippen molar-refractivity contribution in [3.05, 3.63) is 89.7 Å². The van der Waals surface area contributed by atoms with Gasteiger partial charge >= 0.3 is 0 Å². The fourth-order valence-electron chi connectivity index (χ4n) is 3.24. The van der Waals surface area contributed by atoms with Crippen molar-refractivity contribution in [3.63, 3.8) is 0 Å². The van der Waals surface area contributed by atoms with Gasteiger partial charge in [0.05, 0.1) is 4.90 Å². The molecule has 5 nitrogen and oxygen atoms in total. The minimum absolute atomic E-state index is 0.236. The van der Waals surface area contributed by atoms with Crippen molar-refractivity contribution in [2.24, 2.45) is 0 Å². The summed E-state index contributed by atoms with van der Waals surface area (Å²) in [6, 6.07) is 20.0. The molecule has 0 aliphatic heterocycles. The minimum Gasteiger partial charge on any atom is -0.444 e. The summed E-state index contributed by atoms with van der Waals surface area (Å²) in [5.74, 6) is 0.484. The molecule has 1 aromatic heterocycles. The summed E-state index contributed by atoms with van der Waals surface area (Å²) in [4.78, 5) is 4.82. The summed E-state index contributed by atoms with van der Waals surface area (Å²) >= 11 is 0. The summed E-state index contributed by atoms with van der Waals surface area (Å²) in [5.41, 5.74) is 6.52. The van der Waals surface area contributed by atoms with Crippen LogP contribution in [-0.2, 0) is 16.4 Å². The van der Waals surface area contributed by atoms with E-state index >= 15 is 0 Å². The maximum absolute atomic E-state index is 12.6. The fourth-order valence-corrected chi connectivity index (χ4v) is 4.30.